The third kappa shape index (κ3) is 3.81. The van der Waals surface area contributed by atoms with E-state index in [1.165, 1.54) is 6.42 Å². The molecule has 0 aliphatic carbocycles. The number of aromatic nitrogens is 4. The number of carbonyl (C=O) groups is 1. The van der Waals surface area contributed by atoms with Crippen LogP contribution in [0.3, 0.4) is 0 Å². The van der Waals surface area contributed by atoms with Gasteiger partial charge in [0.15, 0.2) is 5.82 Å². The van der Waals surface area contributed by atoms with Gasteiger partial charge in [0.1, 0.15) is 11.9 Å². The Morgan fingerprint density at radius 1 is 1.32 bits per heavy atom. The molecule has 1 aliphatic heterocycles. The van der Waals surface area contributed by atoms with Crippen molar-refractivity contribution in [2.24, 2.45) is 0 Å². The van der Waals surface area contributed by atoms with Crippen LogP contribution in [-0.2, 0) is 4.79 Å². The van der Waals surface area contributed by atoms with Gasteiger partial charge in [-0.2, -0.15) is 5.10 Å². The molecule has 3 rings (SSSR count). The first kappa shape index (κ1) is 17.4. The average molecular weight is 342 g/mol. The maximum Gasteiger partial charge on any atom is 0.245 e. The van der Waals surface area contributed by atoms with E-state index in [9.17, 15) is 4.79 Å². The molecule has 25 heavy (non-hydrogen) atoms. The zero-order chi connectivity index (χ0) is 18.0. The molecule has 1 fully saturated rings. The summed E-state index contributed by atoms with van der Waals surface area (Å²) in [5.74, 6) is 1.34. The van der Waals surface area contributed by atoms with Crippen molar-refractivity contribution in [2.75, 3.05) is 11.9 Å². The Labute approximate surface area is 148 Å². The van der Waals surface area contributed by atoms with Crippen molar-refractivity contribution >= 4 is 11.7 Å². The van der Waals surface area contributed by atoms with Crippen LogP contribution in [-0.4, -0.2) is 49.2 Å². The maximum absolute atomic E-state index is 12.7. The maximum atomic E-state index is 12.7. The number of hydrogen-bond donors (Lipinski definition) is 1. The predicted octanol–water partition coefficient (Wildman–Crippen LogP) is 2.48. The van der Waals surface area contributed by atoms with E-state index in [2.05, 4.69) is 27.3 Å². The second kappa shape index (κ2) is 7.21. The Bertz CT molecular complexity index is 756. The van der Waals surface area contributed by atoms with E-state index in [-0.39, 0.29) is 11.9 Å². The lowest BCUT2D eigenvalue weighted by Crippen LogP contribution is -2.48. The lowest BCUT2D eigenvalue weighted by atomic mass is 10.0. The van der Waals surface area contributed by atoms with Crippen LogP contribution < -0.4 is 5.32 Å². The molecule has 0 spiro atoms. The van der Waals surface area contributed by atoms with E-state index in [0.717, 1.165) is 30.8 Å². The van der Waals surface area contributed by atoms with E-state index < -0.39 is 0 Å². The van der Waals surface area contributed by atoms with Crippen molar-refractivity contribution < 1.29 is 4.79 Å². The minimum atomic E-state index is -0.342. The van der Waals surface area contributed by atoms with Crippen molar-refractivity contribution in [2.45, 2.75) is 59.0 Å². The highest BCUT2D eigenvalue weighted by Crippen LogP contribution is 2.18. The Balaban J connectivity index is 1.73. The normalized spacial score (nSPS) is 18.9. The van der Waals surface area contributed by atoms with E-state index >= 15 is 0 Å². The third-order valence-corrected chi connectivity index (χ3v) is 4.67. The number of amides is 1. The molecule has 7 heteroatoms. The van der Waals surface area contributed by atoms with Crippen LogP contribution in [0.1, 0.15) is 44.5 Å². The molecule has 134 valence electrons. The second-order valence-electron chi connectivity index (χ2n) is 6.84. The summed E-state index contributed by atoms with van der Waals surface area (Å²) in [6, 6.07) is 1.95. The standard InChI is InChI=1S/C18H26N6O/c1-12-9-14(3)24(22-12)17-11-19-10-16(21-17)20-15(4)18(25)23-8-6-5-7-13(23)2/h9-11,13,15H,5-8H2,1-4H3,(H,20,21). The van der Waals surface area contributed by atoms with Crippen LogP contribution in [0, 0.1) is 13.8 Å². The molecule has 3 heterocycles. The van der Waals surface area contributed by atoms with Gasteiger partial charge in [-0.15, -0.1) is 0 Å². The number of rotatable bonds is 4. The van der Waals surface area contributed by atoms with Gasteiger partial charge in [0.2, 0.25) is 5.91 Å². The molecular formula is C18H26N6O. The SMILES string of the molecule is Cc1cc(C)n(-c2cncc(NC(C)C(=O)N3CCCCC3C)n2)n1. The minimum absolute atomic E-state index is 0.116. The van der Waals surface area contributed by atoms with Crippen LogP contribution in [0.4, 0.5) is 5.82 Å². The van der Waals surface area contributed by atoms with E-state index in [1.54, 1.807) is 17.1 Å². The topological polar surface area (TPSA) is 75.9 Å². The van der Waals surface area contributed by atoms with Crippen molar-refractivity contribution in [1.29, 1.82) is 0 Å². The highest BCUT2D eigenvalue weighted by molar-refractivity contribution is 5.84. The first-order valence-electron chi connectivity index (χ1n) is 8.88. The van der Waals surface area contributed by atoms with Crippen molar-refractivity contribution in [1.82, 2.24) is 24.6 Å². The smallest absolute Gasteiger partial charge is 0.245 e. The fraction of sp³-hybridized carbons (Fsp3) is 0.556. The molecule has 2 unspecified atom stereocenters. The largest absolute Gasteiger partial charge is 0.357 e. The minimum Gasteiger partial charge on any atom is -0.357 e. The van der Waals surface area contributed by atoms with E-state index in [4.69, 9.17) is 0 Å². The summed E-state index contributed by atoms with van der Waals surface area (Å²) in [6.45, 7) is 8.75. The number of nitrogens with one attached hydrogen (secondary N) is 1. The Morgan fingerprint density at radius 2 is 2.12 bits per heavy atom. The lowest BCUT2D eigenvalue weighted by molar-refractivity contribution is -0.134. The van der Waals surface area contributed by atoms with Gasteiger partial charge in [-0.05, 0) is 53.0 Å². The van der Waals surface area contributed by atoms with Crippen molar-refractivity contribution in [3.63, 3.8) is 0 Å². The summed E-state index contributed by atoms with van der Waals surface area (Å²) in [5.41, 5.74) is 1.93. The molecule has 0 aromatic carbocycles. The van der Waals surface area contributed by atoms with Gasteiger partial charge in [-0.3, -0.25) is 9.78 Å². The number of carbonyl (C=O) groups excluding carboxylic acids is 1. The number of anilines is 1. The molecule has 7 nitrogen and oxygen atoms in total. The second-order valence-corrected chi connectivity index (χ2v) is 6.84. The zero-order valence-corrected chi connectivity index (χ0v) is 15.4. The van der Waals surface area contributed by atoms with E-state index in [1.807, 2.05) is 31.7 Å². The fourth-order valence-electron chi connectivity index (χ4n) is 3.35. The molecule has 1 N–H and O–H groups in total. The summed E-state index contributed by atoms with van der Waals surface area (Å²) < 4.78 is 1.76. The van der Waals surface area contributed by atoms with Crippen LogP contribution in [0.25, 0.3) is 5.82 Å². The van der Waals surface area contributed by atoms with Gasteiger partial charge in [0, 0.05) is 18.3 Å². The average Bonchev–Trinajstić information content (AvgIpc) is 2.93. The summed E-state index contributed by atoms with van der Waals surface area (Å²) in [7, 11) is 0. The third-order valence-electron chi connectivity index (χ3n) is 4.67. The van der Waals surface area contributed by atoms with Crippen LogP contribution >= 0.6 is 0 Å². The van der Waals surface area contributed by atoms with Gasteiger partial charge in [-0.25, -0.2) is 9.67 Å². The quantitative estimate of drug-likeness (QED) is 0.924. The van der Waals surface area contributed by atoms with Gasteiger partial charge in [0.05, 0.1) is 18.1 Å². The first-order chi connectivity index (χ1) is 12.0. The Morgan fingerprint density at radius 3 is 2.80 bits per heavy atom. The Kier molecular flexibility index (Phi) is 5.01. The zero-order valence-electron chi connectivity index (χ0n) is 15.4. The monoisotopic (exact) mass is 342 g/mol. The molecule has 0 bridgehead atoms. The highest BCUT2D eigenvalue weighted by atomic mass is 16.2. The predicted molar refractivity (Wildman–Crippen MR) is 96.7 cm³/mol. The van der Waals surface area contributed by atoms with Crippen LogP contribution in [0.5, 0.6) is 0 Å². The van der Waals surface area contributed by atoms with Gasteiger partial charge < -0.3 is 10.2 Å². The number of aryl methyl sites for hydroxylation is 2. The van der Waals surface area contributed by atoms with Gasteiger partial charge in [-0.1, -0.05) is 0 Å². The molecule has 1 amide bonds. The molecule has 2 aromatic rings. The van der Waals surface area contributed by atoms with Gasteiger partial charge >= 0.3 is 0 Å². The summed E-state index contributed by atoms with van der Waals surface area (Å²) >= 11 is 0. The van der Waals surface area contributed by atoms with Gasteiger partial charge in [0.25, 0.3) is 0 Å². The summed E-state index contributed by atoms with van der Waals surface area (Å²) in [4.78, 5) is 23.5. The number of nitrogens with zero attached hydrogens (tertiary/aromatic N) is 5. The fourth-order valence-corrected chi connectivity index (χ4v) is 3.35. The van der Waals surface area contributed by atoms with Crippen LogP contribution in [0.2, 0.25) is 0 Å². The summed E-state index contributed by atoms with van der Waals surface area (Å²) in [5, 5.41) is 7.62. The van der Waals surface area contributed by atoms with Crippen LogP contribution in [0.15, 0.2) is 18.5 Å². The lowest BCUT2D eigenvalue weighted by Gasteiger charge is -2.35. The molecule has 0 saturated carbocycles. The molecule has 2 aromatic heterocycles. The number of likely N-dealkylation sites (tertiary alicyclic amines) is 1. The Hall–Kier alpha value is -2.44. The molecule has 0 radical (unpaired) electrons. The van der Waals surface area contributed by atoms with E-state index in [0.29, 0.717) is 17.7 Å². The molecule has 2 atom stereocenters. The molecule has 1 saturated heterocycles. The number of piperidine rings is 1. The molecule has 1 aliphatic rings. The highest BCUT2D eigenvalue weighted by Gasteiger charge is 2.27. The molecular weight excluding hydrogens is 316 g/mol. The summed E-state index contributed by atoms with van der Waals surface area (Å²) in [6.07, 6.45) is 6.66. The first-order valence-corrected chi connectivity index (χ1v) is 8.88. The van der Waals surface area contributed by atoms with Crippen molar-refractivity contribution in [3.8, 4) is 5.82 Å². The van der Waals surface area contributed by atoms with Crippen molar-refractivity contribution in [3.05, 3.63) is 29.8 Å². The number of hydrogen-bond acceptors (Lipinski definition) is 5.